The first kappa shape index (κ1) is 14.2. The molecule has 4 rings (SSSR count). The molecule has 1 aliphatic carbocycles. The Morgan fingerprint density at radius 3 is 2.86 bits per heavy atom. The minimum atomic E-state index is 0.498. The van der Waals surface area contributed by atoms with Gasteiger partial charge in [0.25, 0.3) is 0 Å². The molecular weight excluding hydrogens is 314 g/mol. The molecule has 0 spiro atoms. The average molecular weight is 332 g/mol. The first-order valence-electron chi connectivity index (χ1n) is 7.65. The zero-order chi connectivity index (χ0) is 15.3. The fraction of sp³-hybridized carbons (Fsp3) is 0.353. The van der Waals surface area contributed by atoms with Crippen molar-refractivity contribution in [2.45, 2.75) is 32.7 Å². The summed E-state index contributed by atoms with van der Waals surface area (Å²) in [6, 6.07) is 7.84. The predicted octanol–water partition coefficient (Wildman–Crippen LogP) is 4.30. The Bertz CT molecular complexity index is 832. The molecule has 0 bridgehead atoms. The number of hydrogen-bond acceptors (Lipinski definition) is 3. The molecule has 2 N–H and O–H groups in total. The molecule has 22 heavy (non-hydrogen) atoms. The van der Waals surface area contributed by atoms with Crippen LogP contribution in [-0.4, -0.2) is 9.38 Å². The van der Waals surface area contributed by atoms with Crippen LogP contribution in [0.2, 0.25) is 5.02 Å². The number of rotatable bonds is 2. The predicted molar refractivity (Wildman–Crippen MR) is 92.6 cm³/mol. The van der Waals surface area contributed by atoms with Crippen LogP contribution in [0, 0.1) is 5.92 Å². The summed E-state index contributed by atoms with van der Waals surface area (Å²) in [7, 11) is 0. The van der Waals surface area contributed by atoms with E-state index in [0.717, 1.165) is 39.3 Å². The lowest BCUT2D eigenvalue weighted by Crippen LogP contribution is -2.13. The molecule has 3 aromatic rings. The van der Waals surface area contributed by atoms with E-state index in [-0.39, 0.29) is 0 Å². The first-order valence-corrected chi connectivity index (χ1v) is 8.84. The highest BCUT2D eigenvalue weighted by Crippen LogP contribution is 2.36. The van der Waals surface area contributed by atoms with Crippen LogP contribution in [0.4, 0.5) is 0 Å². The largest absolute Gasteiger partial charge is 0.325 e. The number of halogens is 1. The third kappa shape index (κ3) is 2.18. The fourth-order valence-electron chi connectivity index (χ4n) is 3.31. The number of aryl methyl sites for hydroxylation is 1. The van der Waals surface area contributed by atoms with Crippen molar-refractivity contribution >= 4 is 27.9 Å². The van der Waals surface area contributed by atoms with E-state index in [1.165, 1.54) is 23.4 Å². The molecule has 0 fully saturated rings. The molecule has 2 heterocycles. The average Bonchev–Trinajstić information content (AvgIpc) is 3.02. The molecule has 1 atom stereocenters. The molecule has 0 saturated carbocycles. The maximum absolute atomic E-state index is 6.07. The van der Waals surface area contributed by atoms with Crippen LogP contribution < -0.4 is 5.73 Å². The lowest BCUT2D eigenvalue weighted by Gasteiger charge is -2.18. The van der Waals surface area contributed by atoms with E-state index in [1.54, 1.807) is 0 Å². The summed E-state index contributed by atoms with van der Waals surface area (Å²) in [5.41, 5.74) is 10.7. The second kappa shape index (κ2) is 5.37. The third-order valence-electron chi connectivity index (χ3n) is 4.47. The Hall–Kier alpha value is -1.36. The number of hydrogen-bond donors (Lipinski definition) is 1. The zero-order valence-corrected chi connectivity index (χ0v) is 14.0. The second-order valence-electron chi connectivity index (χ2n) is 6.06. The highest BCUT2D eigenvalue weighted by molar-refractivity contribution is 7.17. The molecular formula is C17H18ClN3S. The Kier molecular flexibility index (Phi) is 3.48. The van der Waals surface area contributed by atoms with Gasteiger partial charge in [-0.15, -0.1) is 11.3 Å². The van der Waals surface area contributed by atoms with Crippen LogP contribution in [-0.2, 0) is 19.4 Å². The van der Waals surface area contributed by atoms with E-state index in [0.29, 0.717) is 6.54 Å². The van der Waals surface area contributed by atoms with Crippen molar-refractivity contribution in [2.24, 2.45) is 11.7 Å². The quantitative estimate of drug-likeness (QED) is 0.760. The molecule has 3 nitrogen and oxygen atoms in total. The van der Waals surface area contributed by atoms with Gasteiger partial charge in [-0.3, -0.25) is 4.40 Å². The summed E-state index contributed by atoms with van der Waals surface area (Å²) >= 11 is 7.81. The van der Waals surface area contributed by atoms with Gasteiger partial charge in [0.05, 0.1) is 11.4 Å². The topological polar surface area (TPSA) is 43.3 Å². The molecule has 1 aromatic carbocycles. The van der Waals surface area contributed by atoms with Gasteiger partial charge in [0.2, 0.25) is 0 Å². The van der Waals surface area contributed by atoms with Crippen molar-refractivity contribution in [2.75, 3.05) is 0 Å². The molecule has 1 unspecified atom stereocenters. The number of thiazole rings is 1. The smallest absolute Gasteiger partial charge is 0.194 e. The van der Waals surface area contributed by atoms with Crippen molar-refractivity contribution < 1.29 is 0 Å². The van der Waals surface area contributed by atoms with Crippen LogP contribution in [0.15, 0.2) is 24.3 Å². The fourth-order valence-corrected chi connectivity index (χ4v) is 4.79. The summed E-state index contributed by atoms with van der Waals surface area (Å²) in [5, 5.41) is 0.741. The van der Waals surface area contributed by atoms with Crippen molar-refractivity contribution in [3.8, 4) is 11.3 Å². The normalized spacial score (nSPS) is 17.9. The SMILES string of the molecule is CC1CCc2c(sc3nc(-c4ccc(Cl)cc4)c(CN)n23)C1. The highest BCUT2D eigenvalue weighted by Gasteiger charge is 2.24. The summed E-state index contributed by atoms with van der Waals surface area (Å²) in [6.07, 6.45) is 3.54. The third-order valence-corrected chi connectivity index (χ3v) is 5.82. The van der Waals surface area contributed by atoms with Gasteiger partial charge < -0.3 is 5.73 Å². The van der Waals surface area contributed by atoms with Crippen LogP contribution in [0.5, 0.6) is 0 Å². The Morgan fingerprint density at radius 2 is 2.14 bits per heavy atom. The van der Waals surface area contributed by atoms with E-state index in [1.807, 2.05) is 35.6 Å². The Balaban J connectivity index is 1.91. The molecule has 114 valence electrons. The van der Waals surface area contributed by atoms with Crippen molar-refractivity contribution in [3.05, 3.63) is 45.6 Å². The minimum Gasteiger partial charge on any atom is -0.325 e. The second-order valence-corrected chi connectivity index (χ2v) is 7.55. The van der Waals surface area contributed by atoms with E-state index in [4.69, 9.17) is 22.3 Å². The van der Waals surface area contributed by atoms with E-state index in [9.17, 15) is 0 Å². The van der Waals surface area contributed by atoms with Crippen LogP contribution in [0.25, 0.3) is 16.2 Å². The van der Waals surface area contributed by atoms with Crippen molar-refractivity contribution in [1.82, 2.24) is 9.38 Å². The summed E-state index contributed by atoms with van der Waals surface area (Å²) in [5.74, 6) is 0.771. The number of fused-ring (bicyclic) bond motifs is 3. The van der Waals surface area contributed by atoms with Crippen molar-refractivity contribution in [1.29, 1.82) is 0 Å². The van der Waals surface area contributed by atoms with Crippen LogP contribution in [0.3, 0.4) is 0 Å². The molecule has 1 aliphatic rings. The van der Waals surface area contributed by atoms with Crippen LogP contribution in [0.1, 0.15) is 29.6 Å². The highest BCUT2D eigenvalue weighted by atomic mass is 35.5. The Labute approximate surface area is 138 Å². The lowest BCUT2D eigenvalue weighted by molar-refractivity contribution is 0.498. The zero-order valence-electron chi connectivity index (χ0n) is 12.5. The number of aromatic nitrogens is 2. The Morgan fingerprint density at radius 1 is 1.36 bits per heavy atom. The minimum absolute atomic E-state index is 0.498. The molecule has 0 saturated heterocycles. The number of imidazole rings is 1. The van der Waals surface area contributed by atoms with Gasteiger partial charge in [-0.05, 0) is 37.3 Å². The van der Waals surface area contributed by atoms with Gasteiger partial charge in [-0.25, -0.2) is 4.98 Å². The van der Waals surface area contributed by atoms with E-state index in [2.05, 4.69) is 11.3 Å². The molecule has 5 heteroatoms. The van der Waals surface area contributed by atoms with Gasteiger partial charge in [-0.2, -0.15) is 0 Å². The van der Waals surface area contributed by atoms with E-state index < -0.39 is 0 Å². The maximum atomic E-state index is 6.07. The van der Waals surface area contributed by atoms with Gasteiger partial charge >= 0.3 is 0 Å². The molecule has 2 aromatic heterocycles. The maximum Gasteiger partial charge on any atom is 0.194 e. The molecule has 0 amide bonds. The standard InChI is InChI=1S/C17H18ClN3S/c1-10-2-7-13-15(8-10)22-17-20-16(14(9-19)21(13)17)11-3-5-12(18)6-4-11/h3-6,10H,2,7-9,19H2,1H3. The monoisotopic (exact) mass is 331 g/mol. The summed E-state index contributed by atoms with van der Waals surface area (Å²) in [4.78, 5) is 7.43. The first-order chi connectivity index (χ1) is 10.7. The van der Waals surface area contributed by atoms with Crippen LogP contribution >= 0.6 is 22.9 Å². The van der Waals surface area contributed by atoms with Gasteiger partial charge in [0.1, 0.15) is 0 Å². The van der Waals surface area contributed by atoms with Gasteiger partial charge in [0, 0.05) is 27.7 Å². The van der Waals surface area contributed by atoms with Gasteiger partial charge in [0.15, 0.2) is 4.96 Å². The number of nitrogens with two attached hydrogens (primary N) is 1. The summed E-state index contributed by atoms with van der Waals surface area (Å²) < 4.78 is 2.30. The van der Waals surface area contributed by atoms with E-state index >= 15 is 0 Å². The summed E-state index contributed by atoms with van der Waals surface area (Å²) in [6.45, 7) is 2.83. The number of nitrogens with zero attached hydrogens (tertiary/aromatic N) is 2. The van der Waals surface area contributed by atoms with Crippen molar-refractivity contribution in [3.63, 3.8) is 0 Å². The number of benzene rings is 1. The molecule has 0 aliphatic heterocycles. The molecule has 0 radical (unpaired) electrons. The van der Waals surface area contributed by atoms with Gasteiger partial charge in [-0.1, -0.05) is 30.7 Å². The lowest BCUT2D eigenvalue weighted by atomic mass is 9.93.